The van der Waals surface area contributed by atoms with Crippen molar-refractivity contribution in [1.82, 2.24) is 0 Å². The Hall–Kier alpha value is -0.260. The Morgan fingerprint density at radius 3 is 0.556 bits per heavy atom. The molecule has 0 heteroatoms. The molecule has 0 saturated heterocycles. The second-order valence-electron chi connectivity index (χ2n) is 15.2. The fourth-order valence-corrected chi connectivity index (χ4v) is 7.27. The molecular formula is C45H90. The summed E-state index contributed by atoms with van der Waals surface area (Å²) in [6.07, 6.45) is 61.0. The van der Waals surface area contributed by atoms with Gasteiger partial charge in [-0.2, -0.15) is 0 Å². The van der Waals surface area contributed by atoms with Crippen molar-refractivity contribution in [1.29, 1.82) is 0 Å². The maximum absolute atomic E-state index is 2.43. The molecule has 0 bridgehead atoms. The summed E-state index contributed by atoms with van der Waals surface area (Å²) in [6, 6.07) is 0. The first-order valence-electron chi connectivity index (χ1n) is 22.0. The Bertz CT molecular complexity index is 530. The highest BCUT2D eigenvalue weighted by Crippen LogP contribution is 2.20. The van der Waals surface area contributed by atoms with Crippen LogP contribution in [0.3, 0.4) is 0 Å². The summed E-state index contributed by atoms with van der Waals surface area (Å²) < 4.78 is 0. The Morgan fingerprint density at radius 2 is 0.400 bits per heavy atom. The number of hydrogen-bond donors (Lipinski definition) is 0. The van der Waals surface area contributed by atoms with Crippen LogP contribution in [0.5, 0.6) is 0 Å². The van der Waals surface area contributed by atoms with Crippen LogP contribution in [0.4, 0.5) is 0 Å². The van der Waals surface area contributed by atoms with E-state index in [1.54, 1.807) is 5.57 Å². The van der Waals surface area contributed by atoms with Gasteiger partial charge in [-0.1, -0.05) is 257 Å². The molecule has 0 heterocycles. The van der Waals surface area contributed by atoms with E-state index in [4.69, 9.17) is 0 Å². The summed E-state index contributed by atoms with van der Waals surface area (Å²) in [7, 11) is 0. The van der Waals surface area contributed by atoms with Gasteiger partial charge < -0.3 is 0 Å². The van der Waals surface area contributed by atoms with Gasteiger partial charge in [-0.25, -0.2) is 0 Å². The first-order chi connectivity index (χ1) is 22.3. The summed E-state index contributed by atoms with van der Waals surface area (Å²) in [5.41, 5.74) is 1.74. The van der Waals surface area contributed by atoms with Crippen LogP contribution in [0, 0.1) is 0 Å². The van der Waals surface area contributed by atoms with E-state index in [9.17, 15) is 0 Å². The lowest BCUT2D eigenvalue weighted by Crippen LogP contribution is -1.88. The van der Waals surface area contributed by atoms with Crippen molar-refractivity contribution >= 4 is 0 Å². The summed E-state index contributed by atoms with van der Waals surface area (Å²) in [5, 5.41) is 0. The molecule has 0 aliphatic carbocycles. The minimum atomic E-state index is 1.37. The van der Waals surface area contributed by atoms with Gasteiger partial charge in [0.05, 0.1) is 0 Å². The van der Waals surface area contributed by atoms with Gasteiger partial charge in [-0.3, -0.25) is 0 Å². The fraction of sp³-hybridized carbons (Fsp3) is 0.956. The average molecular weight is 631 g/mol. The molecule has 0 saturated carbocycles. The summed E-state index contributed by atoms with van der Waals surface area (Å²) in [4.78, 5) is 0. The van der Waals surface area contributed by atoms with Crippen LogP contribution < -0.4 is 0 Å². The van der Waals surface area contributed by atoms with E-state index in [1.807, 2.05) is 0 Å². The van der Waals surface area contributed by atoms with Crippen molar-refractivity contribution in [2.24, 2.45) is 0 Å². The Balaban J connectivity index is 3.25. The third kappa shape index (κ3) is 39.8. The van der Waals surface area contributed by atoms with Crippen LogP contribution in [0.25, 0.3) is 0 Å². The molecule has 0 amide bonds. The van der Waals surface area contributed by atoms with Crippen LogP contribution in [-0.2, 0) is 0 Å². The van der Waals surface area contributed by atoms with Crippen molar-refractivity contribution in [3.8, 4) is 0 Å². The molecule has 0 N–H and O–H groups in total. The third-order valence-corrected chi connectivity index (χ3v) is 10.6. The van der Waals surface area contributed by atoms with Crippen LogP contribution >= 0.6 is 0 Å². The molecule has 0 aromatic heterocycles. The van der Waals surface area contributed by atoms with Crippen LogP contribution in [0.1, 0.15) is 278 Å². The lowest BCUT2D eigenvalue weighted by molar-refractivity contribution is 0.520. The molecule has 0 aromatic rings. The molecule has 0 atom stereocenters. The van der Waals surface area contributed by atoms with Crippen LogP contribution in [0.15, 0.2) is 11.6 Å². The van der Waals surface area contributed by atoms with E-state index < -0.39 is 0 Å². The third-order valence-electron chi connectivity index (χ3n) is 10.6. The Morgan fingerprint density at radius 1 is 0.244 bits per heavy atom. The van der Waals surface area contributed by atoms with E-state index in [0.29, 0.717) is 0 Å². The standard InChI is InChI=1S/C45H90/c1-4-7-9-11-13-15-17-19-21-23-25-26-28-30-32-34-36-38-40-42-44-45(6-3)43-41-39-37-35-33-31-29-27-24-22-20-18-16-14-12-10-8-5-2/h6H,4-5,7-44H2,1-3H3. The monoisotopic (exact) mass is 631 g/mol. The molecule has 0 spiro atoms. The van der Waals surface area contributed by atoms with Gasteiger partial charge in [-0.15, -0.1) is 0 Å². The molecule has 0 radical (unpaired) electrons. The first-order valence-corrected chi connectivity index (χ1v) is 22.0. The molecular weight excluding hydrogens is 540 g/mol. The molecule has 0 unspecified atom stereocenters. The maximum Gasteiger partial charge on any atom is -0.0320 e. The van der Waals surface area contributed by atoms with Gasteiger partial charge in [0.15, 0.2) is 0 Å². The Labute approximate surface area is 288 Å². The van der Waals surface area contributed by atoms with E-state index in [1.165, 1.54) is 257 Å². The predicted molar refractivity (Wildman–Crippen MR) is 210 cm³/mol. The predicted octanol–water partition coefficient (Wildman–Crippen LogP) is 17.6. The lowest BCUT2D eigenvalue weighted by atomic mass is 9.99. The summed E-state index contributed by atoms with van der Waals surface area (Å²) in [6.45, 7) is 6.90. The fourth-order valence-electron chi connectivity index (χ4n) is 7.27. The van der Waals surface area contributed by atoms with Crippen LogP contribution in [-0.4, -0.2) is 0 Å². The summed E-state index contributed by atoms with van der Waals surface area (Å²) >= 11 is 0. The molecule has 0 nitrogen and oxygen atoms in total. The van der Waals surface area contributed by atoms with E-state index >= 15 is 0 Å². The van der Waals surface area contributed by atoms with Crippen LogP contribution in [0.2, 0.25) is 0 Å². The van der Waals surface area contributed by atoms with Crippen molar-refractivity contribution in [2.45, 2.75) is 278 Å². The highest BCUT2D eigenvalue weighted by Gasteiger charge is 2.00. The largest absolute Gasteiger partial charge is 0.0885 e. The second-order valence-corrected chi connectivity index (χ2v) is 15.2. The smallest absolute Gasteiger partial charge is 0.0320 e. The molecule has 0 aromatic carbocycles. The Kier molecular flexibility index (Phi) is 41.5. The van der Waals surface area contributed by atoms with Gasteiger partial charge in [-0.05, 0) is 32.6 Å². The average Bonchev–Trinajstić information content (AvgIpc) is 3.05. The van der Waals surface area contributed by atoms with Crippen molar-refractivity contribution < 1.29 is 0 Å². The lowest BCUT2D eigenvalue weighted by Gasteiger charge is -2.08. The zero-order valence-electron chi connectivity index (χ0n) is 32.4. The summed E-state index contributed by atoms with van der Waals surface area (Å²) in [5.74, 6) is 0. The minimum absolute atomic E-state index is 1.37. The number of allylic oxidation sites excluding steroid dienone is 2. The quantitative estimate of drug-likeness (QED) is 0.0467. The topological polar surface area (TPSA) is 0 Å². The molecule has 0 rings (SSSR count). The number of rotatable bonds is 40. The molecule has 0 aliphatic rings. The van der Waals surface area contributed by atoms with Gasteiger partial charge in [0.25, 0.3) is 0 Å². The van der Waals surface area contributed by atoms with Crippen molar-refractivity contribution in [3.05, 3.63) is 11.6 Å². The molecule has 0 fully saturated rings. The number of unbranched alkanes of at least 4 members (excludes halogenated alkanes) is 36. The normalized spacial score (nSPS) is 12.0. The van der Waals surface area contributed by atoms with Crippen molar-refractivity contribution in [3.63, 3.8) is 0 Å². The highest BCUT2D eigenvalue weighted by molar-refractivity contribution is 4.99. The molecule has 270 valence electrons. The van der Waals surface area contributed by atoms with Crippen molar-refractivity contribution in [2.75, 3.05) is 0 Å². The number of hydrogen-bond acceptors (Lipinski definition) is 0. The van der Waals surface area contributed by atoms with Gasteiger partial charge >= 0.3 is 0 Å². The first kappa shape index (κ1) is 44.7. The maximum atomic E-state index is 2.43. The van der Waals surface area contributed by atoms with E-state index in [2.05, 4.69) is 26.8 Å². The SMILES string of the molecule is CC=C(CCCCCCCCCCCCCCCCCCCC)CCCCCCCCCCCCCCCCCCCCCC. The minimum Gasteiger partial charge on any atom is -0.0885 e. The van der Waals surface area contributed by atoms with Gasteiger partial charge in [0, 0.05) is 0 Å². The zero-order valence-corrected chi connectivity index (χ0v) is 32.4. The highest BCUT2D eigenvalue weighted by atomic mass is 14.1. The molecule has 0 aliphatic heterocycles. The second kappa shape index (κ2) is 41.8. The van der Waals surface area contributed by atoms with E-state index in [-0.39, 0.29) is 0 Å². The molecule has 45 heavy (non-hydrogen) atoms. The van der Waals surface area contributed by atoms with Gasteiger partial charge in [0.2, 0.25) is 0 Å². The zero-order chi connectivity index (χ0) is 32.6. The van der Waals surface area contributed by atoms with E-state index in [0.717, 1.165) is 0 Å². The van der Waals surface area contributed by atoms with Gasteiger partial charge in [0.1, 0.15) is 0 Å².